The van der Waals surface area contributed by atoms with E-state index in [1.54, 1.807) is 4.90 Å². The fraction of sp³-hybridized carbons (Fsp3) is 0.392. The number of β-amino-alcohol motifs (C(OH)–C–C–N with tert-alkyl or cyclic N) is 1. The lowest BCUT2D eigenvalue weighted by Crippen LogP contribution is -2.52. The molecule has 13 nitrogen and oxygen atoms in total. The molecule has 0 spiro atoms. The molecular weight excluding hydrogens is 837 g/mol. The molecule has 3 amide bonds. The highest BCUT2D eigenvalue weighted by molar-refractivity contribution is 7.10. The van der Waals surface area contributed by atoms with Gasteiger partial charge in [0, 0.05) is 85.2 Å². The van der Waals surface area contributed by atoms with E-state index in [4.69, 9.17) is 14.8 Å². The molecule has 1 atom stereocenters. The first-order valence-electron chi connectivity index (χ1n) is 23.1. The van der Waals surface area contributed by atoms with Crippen LogP contribution in [0, 0.1) is 6.92 Å². The third-order valence-electron chi connectivity index (χ3n) is 13.0. The van der Waals surface area contributed by atoms with Gasteiger partial charge in [-0.15, -0.1) is 11.3 Å². The quantitative estimate of drug-likeness (QED) is 0.0566. The van der Waals surface area contributed by atoms with Crippen LogP contribution >= 0.6 is 11.3 Å². The number of rotatable bonds is 19. The molecule has 1 unspecified atom stereocenters. The fourth-order valence-corrected chi connectivity index (χ4v) is 10.3. The van der Waals surface area contributed by atoms with Crippen LogP contribution in [0.1, 0.15) is 82.6 Å². The van der Waals surface area contributed by atoms with Crippen molar-refractivity contribution in [3.63, 3.8) is 0 Å². The summed E-state index contributed by atoms with van der Waals surface area (Å²) in [5.41, 5.74) is 10.2. The van der Waals surface area contributed by atoms with E-state index in [1.165, 1.54) is 41.7 Å². The van der Waals surface area contributed by atoms with Gasteiger partial charge in [-0.3, -0.25) is 24.6 Å². The number of fused-ring (bicyclic) bond motifs is 2. The highest BCUT2D eigenvalue weighted by Crippen LogP contribution is 2.36. The van der Waals surface area contributed by atoms with Crippen LogP contribution in [-0.4, -0.2) is 99.1 Å². The number of aliphatic hydroxyl groups excluding tert-OH is 1. The molecule has 338 valence electrons. The van der Waals surface area contributed by atoms with E-state index in [0.29, 0.717) is 31.7 Å². The zero-order valence-corrected chi connectivity index (χ0v) is 38.0. The van der Waals surface area contributed by atoms with E-state index >= 15 is 0 Å². The van der Waals surface area contributed by atoms with Crippen LogP contribution in [0.4, 0.5) is 5.82 Å². The third kappa shape index (κ3) is 10.2. The number of benzene rings is 3. The van der Waals surface area contributed by atoms with Crippen LogP contribution in [0.15, 0.2) is 90.3 Å². The molecule has 6 heterocycles. The van der Waals surface area contributed by atoms with Crippen molar-refractivity contribution in [2.24, 2.45) is 0 Å². The lowest BCUT2D eigenvalue weighted by molar-refractivity contribution is -0.136. The molecule has 0 bridgehead atoms. The minimum atomic E-state index is -0.616. The van der Waals surface area contributed by atoms with E-state index in [0.717, 1.165) is 114 Å². The van der Waals surface area contributed by atoms with Crippen molar-refractivity contribution in [3.8, 4) is 28.1 Å². The maximum Gasteiger partial charge on any atom is 0.256 e. The maximum atomic E-state index is 13.1. The molecule has 3 aromatic carbocycles. The average Bonchev–Trinajstić information content (AvgIpc) is 3.99. The number of ether oxygens (including phenoxy) is 1. The van der Waals surface area contributed by atoms with Gasteiger partial charge in [0.15, 0.2) is 5.65 Å². The summed E-state index contributed by atoms with van der Waals surface area (Å²) in [5, 5.41) is 22.3. The fourth-order valence-electron chi connectivity index (χ4n) is 9.37. The number of carbonyl (C=O) groups excluding carboxylic acids is 3. The van der Waals surface area contributed by atoms with Gasteiger partial charge in [-0.25, -0.2) is 4.98 Å². The number of nitrogens with zero attached hydrogens (tertiary/aromatic N) is 6. The Morgan fingerprint density at radius 2 is 1.66 bits per heavy atom. The Morgan fingerprint density at radius 3 is 2.46 bits per heavy atom. The molecule has 0 radical (unpaired) electrons. The number of nitrogens with one attached hydrogen (secondary N) is 2. The lowest BCUT2D eigenvalue weighted by atomic mass is 10.0. The van der Waals surface area contributed by atoms with Crippen molar-refractivity contribution in [2.75, 3.05) is 50.8 Å². The molecular formula is C51H58N8O5S. The van der Waals surface area contributed by atoms with Gasteiger partial charge in [-0.1, -0.05) is 79.9 Å². The molecule has 0 aliphatic carbocycles. The highest BCUT2D eigenvalue weighted by Gasteiger charge is 2.40. The second kappa shape index (κ2) is 20.5. The monoisotopic (exact) mass is 894 g/mol. The van der Waals surface area contributed by atoms with Gasteiger partial charge < -0.3 is 25.0 Å². The smallest absolute Gasteiger partial charge is 0.256 e. The van der Waals surface area contributed by atoms with Crippen LogP contribution in [0.5, 0.6) is 5.75 Å². The maximum absolute atomic E-state index is 13.1. The number of amides is 3. The lowest BCUT2D eigenvalue weighted by Gasteiger charge is -2.35. The van der Waals surface area contributed by atoms with Crippen LogP contribution in [0.3, 0.4) is 0 Å². The molecule has 9 rings (SSSR count). The summed E-state index contributed by atoms with van der Waals surface area (Å²) in [6.45, 7) is 8.96. The van der Waals surface area contributed by atoms with Crippen LogP contribution in [0.25, 0.3) is 28.0 Å². The van der Waals surface area contributed by atoms with E-state index < -0.39 is 11.9 Å². The molecule has 3 aliphatic rings. The van der Waals surface area contributed by atoms with Crippen molar-refractivity contribution >= 4 is 40.5 Å². The summed E-state index contributed by atoms with van der Waals surface area (Å²) in [6.07, 6.45) is 7.51. The zero-order valence-electron chi connectivity index (χ0n) is 37.1. The Balaban J connectivity index is 0.715. The van der Waals surface area contributed by atoms with E-state index in [1.807, 2.05) is 28.1 Å². The van der Waals surface area contributed by atoms with Gasteiger partial charge >= 0.3 is 0 Å². The van der Waals surface area contributed by atoms with Gasteiger partial charge in [0.2, 0.25) is 11.8 Å². The molecule has 3 N–H and O–H groups in total. The van der Waals surface area contributed by atoms with Crippen molar-refractivity contribution < 1.29 is 24.2 Å². The van der Waals surface area contributed by atoms with Crippen molar-refractivity contribution in [1.82, 2.24) is 35.0 Å². The zero-order chi connectivity index (χ0) is 44.7. The molecule has 3 aliphatic heterocycles. The number of hydrogen-bond donors (Lipinski definition) is 3. The van der Waals surface area contributed by atoms with Gasteiger partial charge in [0.1, 0.15) is 24.2 Å². The second-order valence-corrected chi connectivity index (χ2v) is 18.4. The second-order valence-electron chi connectivity index (χ2n) is 17.4. The van der Waals surface area contributed by atoms with E-state index in [9.17, 15) is 19.5 Å². The molecule has 6 aromatic rings. The number of piperidine rings is 1. The largest absolute Gasteiger partial charge is 0.488 e. The summed E-state index contributed by atoms with van der Waals surface area (Å²) < 4.78 is 8.15. The predicted octanol–water partition coefficient (Wildman–Crippen LogP) is 7.17. The first-order chi connectivity index (χ1) is 31.8. The first-order valence-corrected chi connectivity index (χ1v) is 24.0. The van der Waals surface area contributed by atoms with Gasteiger partial charge in [-0.2, -0.15) is 9.61 Å². The summed E-state index contributed by atoms with van der Waals surface area (Å²) in [6, 6.07) is 29.1. The normalized spacial score (nSPS) is 16.7. The van der Waals surface area contributed by atoms with Crippen LogP contribution in [-0.2, 0) is 35.7 Å². The number of thiophene rings is 1. The topological polar surface area (TPSA) is 145 Å². The van der Waals surface area contributed by atoms with Crippen molar-refractivity contribution in [2.45, 2.75) is 84.0 Å². The Labute approximate surface area is 384 Å². The minimum Gasteiger partial charge on any atom is -0.488 e. The third-order valence-corrected chi connectivity index (χ3v) is 14.0. The van der Waals surface area contributed by atoms with Crippen molar-refractivity contribution in [3.05, 3.63) is 123 Å². The Hall–Kier alpha value is -5.93. The first kappa shape index (κ1) is 44.3. The van der Waals surface area contributed by atoms with E-state index in [-0.39, 0.29) is 24.8 Å². The number of aliphatic hydroxyl groups is 1. The number of carbonyl (C=O) groups is 3. The molecule has 3 aromatic heterocycles. The molecule has 14 heteroatoms. The van der Waals surface area contributed by atoms with Crippen LogP contribution in [0.2, 0.25) is 0 Å². The summed E-state index contributed by atoms with van der Waals surface area (Å²) >= 11 is 1.51. The number of hydrogen-bond acceptors (Lipinski definition) is 11. The number of imide groups is 1. The van der Waals surface area contributed by atoms with Crippen molar-refractivity contribution in [1.29, 1.82) is 0 Å². The standard InChI is InChI=1S/C51H58N8O5S/c1-35-48(38-13-7-5-8-14-38)49-53-43(30-47(59(49)55-35)57-25-23-56(24-26-57)27-28-60)39-15-10-12-36(29-39)11-6-3-2-4-9-22-52-31-37-16-18-40(19-17-37)64-33-45-41-32-58(51(63)42(41)34-65-45)44-20-21-46(61)54-50(44)62/h5,7-8,10,12-19,29-30,34,44,52,60H,2-4,6,9,11,20-28,31-33H2,1H3,(H,54,61,62). The molecule has 0 saturated carbocycles. The minimum absolute atomic E-state index is 0.157. The van der Waals surface area contributed by atoms with Gasteiger partial charge in [-0.05, 0) is 74.0 Å². The number of aryl methyl sites for hydroxylation is 2. The number of anilines is 1. The van der Waals surface area contributed by atoms with Crippen LogP contribution < -0.4 is 20.3 Å². The number of piperazine rings is 1. The molecule has 2 saturated heterocycles. The molecule has 2 fully saturated rings. The van der Waals surface area contributed by atoms with E-state index in [2.05, 4.69) is 94.1 Å². The summed E-state index contributed by atoms with van der Waals surface area (Å²) in [7, 11) is 0. The Morgan fingerprint density at radius 1 is 0.877 bits per heavy atom. The highest BCUT2D eigenvalue weighted by atomic mass is 32.1. The average molecular weight is 895 g/mol. The SMILES string of the molecule is Cc1nn2c(N3CCN(CCO)CC3)cc(-c3cccc(CCCCCCCNCc4ccc(OCc5scc6c5CN(C5CCC(=O)NC5=O)C6=O)cc4)c3)nc2c1-c1ccccc1. The molecule has 65 heavy (non-hydrogen) atoms. The Bertz CT molecular complexity index is 2620. The number of aromatic nitrogens is 3. The summed E-state index contributed by atoms with van der Waals surface area (Å²) in [4.78, 5) is 49.6. The summed E-state index contributed by atoms with van der Waals surface area (Å²) in [5.74, 6) is 0.981. The Kier molecular flexibility index (Phi) is 14.0. The number of unbranched alkanes of at least 4 members (excludes halogenated alkanes) is 4. The van der Waals surface area contributed by atoms with Gasteiger partial charge in [0.05, 0.1) is 23.6 Å². The van der Waals surface area contributed by atoms with Gasteiger partial charge in [0.25, 0.3) is 5.91 Å². The predicted molar refractivity (Wildman–Crippen MR) is 254 cm³/mol.